The average Bonchev–Trinajstić information content (AvgIpc) is 1.87. The normalized spacial score (nSPS) is 9.29. The Kier molecular flexibility index (Phi) is 0.749. The monoisotopic (exact) mass is 98.0 g/mol. The highest BCUT2D eigenvalue weighted by atomic mass is 16.4. The number of oxazole rings is 1. The highest BCUT2D eigenvalue weighted by molar-refractivity contribution is 5.09. The van der Waals surface area contributed by atoms with Crippen molar-refractivity contribution in [3.8, 4) is 0 Å². The minimum absolute atomic E-state index is 0.234. The summed E-state index contributed by atoms with van der Waals surface area (Å²) in [5, 5.41) is 0. The molecule has 0 aliphatic rings. The Morgan fingerprint density at radius 1 is 1.86 bits per heavy atom. The van der Waals surface area contributed by atoms with E-state index in [0.717, 1.165) is 5.76 Å². The summed E-state index contributed by atoms with van der Waals surface area (Å²) < 4.78 is 4.75. The molecule has 0 bridgehead atoms. The number of nitrogen functional groups attached to an aromatic ring is 1. The van der Waals surface area contributed by atoms with Gasteiger partial charge in [0, 0.05) is 0 Å². The topological polar surface area (TPSA) is 52.0 Å². The fraction of sp³-hybridized carbons (Fsp3) is 0.250. The zero-order chi connectivity index (χ0) is 5.28. The Bertz CT molecular complexity index is 142. The molecule has 1 rings (SSSR count). The molecule has 1 aromatic rings. The number of nitrogens with two attached hydrogens (primary N) is 1. The largest absolute Gasteiger partial charge is 0.429 e. The first-order chi connectivity index (χ1) is 3.29. The molecule has 1 heterocycles. The maximum atomic E-state index is 5.10. The van der Waals surface area contributed by atoms with E-state index in [2.05, 4.69) is 4.98 Å². The van der Waals surface area contributed by atoms with Crippen molar-refractivity contribution in [3.63, 3.8) is 0 Å². The van der Waals surface area contributed by atoms with Gasteiger partial charge in [-0.3, -0.25) is 0 Å². The van der Waals surface area contributed by atoms with Crippen molar-refractivity contribution in [2.75, 3.05) is 5.73 Å². The zero-order valence-corrected chi connectivity index (χ0v) is 4.01. The molecule has 0 unspecified atom stereocenters. The van der Waals surface area contributed by atoms with Crippen LogP contribution in [0.4, 0.5) is 6.01 Å². The van der Waals surface area contributed by atoms with Crippen molar-refractivity contribution in [3.05, 3.63) is 12.0 Å². The van der Waals surface area contributed by atoms with Crippen LogP contribution in [-0.4, -0.2) is 4.98 Å². The van der Waals surface area contributed by atoms with Crippen LogP contribution in [-0.2, 0) is 0 Å². The Morgan fingerprint density at radius 2 is 2.57 bits per heavy atom. The molecule has 2 N–H and O–H groups in total. The van der Waals surface area contributed by atoms with Gasteiger partial charge in [0.15, 0.2) is 0 Å². The van der Waals surface area contributed by atoms with Crippen LogP contribution in [0, 0.1) is 6.92 Å². The van der Waals surface area contributed by atoms with Crippen LogP contribution in [0.5, 0.6) is 0 Å². The van der Waals surface area contributed by atoms with Gasteiger partial charge in [-0.25, -0.2) is 4.98 Å². The lowest BCUT2D eigenvalue weighted by Gasteiger charge is -1.73. The van der Waals surface area contributed by atoms with E-state index in [-0.39, 0.29) is 6.01 Å². The summed E-state index contributed by atoms with van der Waals surface area (Å²) in [5.41, 5.74) is 5.10. The second kappa shape index (κ2) is 1.26. The second-order valence-electron chi connectivity index (χ2n) is 1.31. The van der Waals surface area contributed by atoms with Gasteiger partial charge in [0.1, 0.15) is 5.76 Å². The lowest BCUT2D eigenvalue weighted by atomic mass is 10.6. The minimum Gasteiger partial charge on any atom is -0.429 e. The van der Waals surface area contributed by atoms with Crippen LogP contribution < -0.4 is 5.73 Å². The van der Waals surface area contributed by atoms with Crippen LogP contribution in [0.15, 0.2) is 10.6 Å². The number of rotatable bonds is 0. The first kappa shape index (κ1) is 4.18. The van der Waals surface area contributed by atoms with Gasteiger partial charge in [-0.1, -0.05) is 0 Å². The molecule has 0 atom stereocenters. The third kappa shape index (κ3) is 0.707. The van der Waals surface area contributed by atoms with E-state index in [1.54, 1.807) is 13.1 Å². The maximum absolute atomic E-state index is 5.10. The predicted molar refractivity (Wildman–Crippen MR) is 25.7 cm³/mol. The summed E-state index contributed by atoms with van der Waals surface area (Å²) in [6, 6.07) is 0.234. The van der Waals surface area contributed by atoms with Crippen molar-refractivity contribution in [1.82, 2.24) is 4.98 Å². The summed E-state index contributed by atoms with van der Waals surface area (Å²) in [7, 11) is 0. The lowest BCUT2D eigenvalue weighted by Crippen LogP contribution is -1.79. The third-order valence-electron chi connectivity index (χ3n) is 0.639. The molecule has 0 fully saturated rings. The molecule has 0 saturated heterocycles. The molecule has 1 aromatic heterocycles. The summed E-state index contributed by atoms with van der Waals surface area (Å²) in [5.74, 6) is 0.748. The summed E-state index contributed by atoms with van der Waals surface area (Å²) in [6.45, 7) is 1.80. The van der Waals surface area contributed by atoms with E-state index < -0.39 is 0 Å². The van der Waals surface area contributed by atoms with E-state index in [4.69, 9.17) is 10.2 Å². The Hall–Kier alpha value is -0.990. The summed E-state index contributed by atoms with van der Waals surface area (Å²) in [6.07, 6.45) is 1.58. The van der Waals surface area contributed by atoms with Crippen molar-refractivity contribution < 1.29 is 4.42 Å². The maximum Gasteiger partial charge on any atom is 0.292 e. The first-order valence-corrected chi connectivity index (χ1v) is 1.97. The van der Waals surface area contributed by atoms with Gasteiger partial charge >= 0.3 is 0 Å². The van der Waals surface area contributed by atoms with Gasteiger partial charge < -0.3 is 10.2 Å². The molecule has 3 nitrogen and oxygen atoms in total. The number of hydrogen-bond acceptors (Lipinski definition) is 3. The minimum atomic E-state index is 0.234. The highest BCUT2D eigenvalue weighted by Gasteiger charge is 1.88. The van der Waals surface area contributed by atoms with Gasteiger partial charge in [0.25, 0.3) is 6.01 Å². The Labute approximate surface area is 41.2 Å². The molecule has 0 aliphatic carbocycles. The summed E-state index contributed by atoms with van der Waals surface area (Å²) in [4.78, 5) is 3.63. The number of aryl methyl sites for hydroxylation is 1. The van der Waals surface area contributed by atoms with Crippen LogP contribution in [0.1, 0.15) is 5.76 Å². The number of hydrogen-bond donors (Lipinski definition) is 1. The van der Waals surface area contributed by atoms with E-state index in [1.807, 2.05) is 0 Å². The summed E-state index contributed by atoms with van der Waals surface area (Å²) >= 11 is 0. The first-order valence-electron chi connectivity index (χ1n) is 1.97. The SMILES string of the molecule is Cc1cnc(N)o1. The van der Waals surface area contributed by atoms with Crippen LogP contribution in [0.2, 0.25) is 0 Å². The van der Waals surface area contributed by atoms with Crippen molar-refractivity contribution in [2.45, 2.75) is 6.92 Å². The van der Waals surface area contributed by atoms with Gasteiger partial charge in [-0.2, -0.15) is 0 Å². The van der Waals surface area contributed by atoms with Gasteiger partial charge in [0.05, 0.1) is 6.20 Å². The van der Waals surface area contributed by atoms with Crippen LogP contribution >= 0.6 is 0 Å². The van der Waals surface area contributed by atoms with Crippen LogP contribution in [0.25, 0.3) is 0 Å². The molecule has 0 radical (unpaired) electrons. The van der Waals surface area contributed by atoms with Crippen molar-refractivity contribution >= 4 is 6.01 Å². The molecular weight excluding hydrogens is 92.1 g/mol. The molecule has 3 heteroatoms. The number of aromatic nitrogens is 1. The second-order valence-corrected chi connectivity index (χ2v) is 1.31. The molecule has 0 aliphatic heterocycles. The molecule has 0 spiro atoms. The van der Waals surface area contributed by atoms with Crippen molar-refractivity contribution in [1.29, 1.82) is 0 Å². The van der Waals surface area contributed by atoms with Crippen molar-refractivity contribution in [2.24, 2.45) is 0 Å². The van der Waals surface area contributed by atoms with E-state index >= 15 is 0 Å². The Morgan fingerprint density at radius 3 is 2.71 bits per heavy atom. The molecule has 0 amide bonds. The smallest absolute Gasteiger partial charge is 0.292 e. The van der Waals surface area contributed by atoms with Gasteiger partial charge in [-0.05, 0) is 6.92 Å². The molecular formula is C4H6N2O. The molecule has 7 heavy (non-hydrogen) atoms. The average molecular weight is 98.1 g/mol. The third-order valence-corrected chi connectivity index (χ3v) is 0.639. The molecule has 0 saturated carbocycles. The van der Waals surface area contributed by atoms with Gasteiger partial charge in [-0.15, -0.1) is 0 Å². The van der Waals surface area contributed by atoms with E-state index in [1.165, 1.54) is 0 Å². The van der Waals surface area contributed by atoms with Gasteiger partial charge in [0.2, 0.25) is 0 Å². The quantitative estimate of drug-likeness (QED) is 0.516. The lowest BCUT2D eigenvalue weighted by molar-refractivity contribution is 0.548. The zero-order valence-electron chi connectivity index (χ0n) is 4.01. The number of nitrogens with zero attached hydrogens (tertiary/aromatic N) is 1. The van der Waals surface area contributed by atoms with E-state index in [0.29, 0.717) is 0 Å². The molecule has 0 aromatic carbocycles. The molecule has 38 valence electrons. The Balaban J connectivity index is 3.04. The fourth-order valence-corrected chi connectivity index (χ4v) is 0.372. The predicted octanol–water partition coefficient (Wildman–Crippen LogP) is 0.565. The number of anilines is 1. The highest BCUT2D eigenvalue weighted by Crippen LogP contribution is 1.99. The fourth-order valence-electron chi connectivity index (χ4n) is 0.372. The van der Waals surface area contributed by atoms with E-state index in [9.17, 15) is 0 Å². The standard InChI is InChI=1S/C4H6N2O/c1-3-2-6-4(5)7-3/h2H,1H3,(H2,5,6). The van der Waals surface area contributed by atoms with Crippen LogP contribution in [0.3, 0.4) is 0 Å².